The molecule has 0 saturated carbocycles. The molecule has 37 heavy (non-hydrogen) atoms. The van der Waals surface area contributed by atoms with Crippen molar-refractivity contribution in [2.24, 2.45) is 0 Å². The number of ether oxygens (including phenoxy) is 1. The monoisotopic (exact) mass is 536 g/mol. The van der Waals surface area contributed by atoms with Gasteiger partial charge in [0, 0.05) is 0 Å². The predicted molar refractivity (Wildman–Crippen MR) is 150 cm³/mol. The van der Waals surface area contributed by atoms with Crippen molar-refractivity contribution in [1.29, 1.82) is 0 Å². The fraction of sp³-hybridized carbons (Fsp3) is 0.786. The summed E-state index contributed by atoms with van der Waals surface area (Å²) in [6.45, 7) is 5.13. The van der Waals surface area contributed by atoms with Crippen molar-refractivity contribution in [3.05, 3.63) is 24.2 Å². The Morgan fingerprint density at radius 3 is 2.27 bits per heavy atom. The molecular weight excluding hydrogens is 487 g/mol. The number of unbranched alkanes of at least 4 members (excludes halogenated alkanes) is 13. The van der Waals surface area contributed by atoms with E-state index in [0.717, 1.165) is 36.9 Å². The summed E-state index contributed by atoms with van der Waals surface area (Å²) >= 11 is 0. The molecule has 9 heteroatoms. The molecule has 0 bridgehead atoms. The SMILES string of the molecule is CCCCCCCCCCCCCCCCOP(O)OC[C@]1(C)CCC(c2ccc3c(N)ncnn23)O1. The first-order valence-electron chi connectivity index (χ1n) is 14.5. The maximum Gasteiger partial charge on any atom is 0.329 e. The largest absolute Gasteiger partial charge is 0.382 e. The van der Waals surface area contributed by atoms with Crippen LogP contribution in [0.2, 0.25) is 0 Å². The molecule has 0 aromatic carbocycles. The Labute approximate surface area is 224 Å². The highest BCUT2D eigenvalue weighted by atomic mass is 31.2. The lowest BCUT2D eigenvalue weighted by Crippen LogP contribution is -2.29. The Balaban J connectivity index is 1.18. The quantitative estimate of drug-likeness (QED) is 0.132. The molecule has 2 aromatic heterocycles. The molecule has 1 aliphatic heterocycles. The van der Waals surface area contributed by atoms with Crippen molar-refractivity contribution in [1.82, 2.24) is 14.6 Å². The molecule has 8 nitrogen and oxygen atoms in total. The van der Waals surface area contributed by atoms with E-state index in [-0.39, 0.29) is 6.10 Å². The van der Waals surface area contributed by atoms with Crippen LogP contribution < -0.4 is 5.73 Å². The van der Waals surface area contributed by atoms with E-state index in [9.17, 15) is 4.89 Å². The standard InChI is InChI=1S/C28H49N4O4P/c1-3-4-5-6-7-8-9-10-11-12-13-14-15-16-21-34-37(33)35-22-28(2)20-19-26(36-28)24-17-18-25-27(29)30-23-31-32(24)25/h17-18,23,26,33H,3-16,19-22H2,1-2H3,(H2,29,30,31)/t26?,28-,37?/m0/s1. The molecule has 2 unspecified atom stereocenters. The van der Waals surface area contributed by atoms with Crippen LogP contribution in [0.15, 0.2) is 18.5 Å². The summed E-state index contributed by atoms with van der Waals surface area (Å²) in [6, 6.07) is 3.90. The van der Waals surface area contributed by atoms with Gasteiger partial charge in [-0.05, 0) is 38.3 Å². The van der Waals surface area contributed by atoms with Crippen LogP contribution in [0.25, 0.3) is 5.52 Å². The van der Waals surface area contributed by atoms with Crippen LogP contribution in [0, 0.1) is 0 Å². The summed E-state index contributed by atoms with van der Waals surface area (Å²) in [4.78, 5) is 14.2. The van der Waals surface area contributed by atoms with Crippen LogP contribution in [0.5, 0.6) is 0 Å². The van der Waals surface area contributed by atoms with Gasteiger partial charge < -0.3 is 24.4 Å². The second kappa shape index (κ2) is 16.6. The van der Waals surface area contributed by atoms with Crippen LogP contribution in [0.3, 0.4) is 0 Å². The molecule has 0 aliphatic carbocycles. The van der Waals surface area contributed by atoms with Crippen molar-refractivity contribution in [2.45, 2.75) is 128 Å². The Kier molecular flexibility index (Phi) is 13.6. The molecule has 3 N–H and O–H groups in total. The van der Waals surface area contributed by atoms with Crippen LogP contribution in [0.1, 0.15) is 128 Å². The Bertz CT molecular complexity index is 898. The zero-order chi connectivity index (χ0) is 26.3. The number of hydrogen-bond donors (Lipinski definition) is 2. The van der Waals surface area contributed by atoms with Crippen molar-refractivity contribution in [3.8, 4) is 0 Å². The second-order valence-electron chi connectivity index (χ2n) is 10.7. The normalized spacial score (nSPS) is 20.7. The molecule has 3 heterocycles. The van der Waals surface area contributed by atoms with E-state index in [0.29, 0.717) is 19.0 Å². The van der Waals surface area contributed by atoms with Gasteiger partial charge in [0.2, 0.25) is 0 Å². The summed E-state index contributed by atoms with van der Waals surface area (Å²) in [6.07, 6.45) is 21.5. The molecule has 2 aromatic rings. The molecule has 0 amide bonds. The lowest BCUT2D eigenvalue weighted by Gasteiger charge is -2.25. The molecular formula is C28H49N4O4P. The second-order valence-corrected chi connectivity index (χ2v) is 11.7. The lowest BCUT2D eigenvalue weighted by atomic mass is 10.0. The molecule has 3 rings (SSSR count). The predicted octanol–water partition coefficient (Wildman–Crippen LogP) is 7.66. The number of anilines is 1. The Morgan fingerprint density at radius 1 is 1.00 bits per heavy atom. The number of hydrogen-bond acceptors (Lipinski definition) is 7. The highest BCUT2D eigenvalue weighted by molar-refractivity contribution is 7.40. The molecule has 0 radical (unpaired) electrons. The molecule has 1 aliphatic rings. The lowest BCUT2D eigenvalue weighted by molar-refractivity contribution is -0.0603. The minimum absolute atomic E-state index is 0.105. The average molecular weight is 537 g/mol. The van der Waals surface area contributed by atoms with Crippen LogP contribution in [0.4, 0.5) is 5.82 Å². The molecule has 0 spiro atoms. The van der Waals surface area contributed by atoms with Crippen molar-refractivity contribution >= 4 is 19.9 Å². The number of nitrogen functional groups attached to an aromatic ring is 1. The third-order valence-electron chi connectivity index (χ3n) is 7.38. The minimum Gasteiger partial charge on any atom is -0.382 e. The first kappa shape index (κ1) is 30.2. The topological polar surface area (TPSA) is 104 Å². The fourth-order valence-corrected chi connectivity index (χ4v) is 5.84. The smallest absolute Gasteiger partial charge is 0.329 e. The van der Waals surface area contributed by atoms with E-state index in [1.807, 2.05) is 19.1 Å². The summed E-state index contributed by atoms with van der Waals surface area (Å²) in [5, 5.41) is 4.32. The minimum atomic E-state index is -1.88. The summed E-state index contributed by atoms with van der Waals surface area (Å²) in [5.41, 5.74) is 7.20. The van der Waals surface area contributed by atoms with Crippen LogP contribution in [-0.2, 0) is 13.8 Å². The van der Waals surface area contributed by atoms with Gasteiger partial charge in [-0.3, -0.25) is 0 Å². The Morgan fingerprint density at radius 2 is 1.62 bits per heavy atom. The van der Waals surface area contributed by atoms with Crippen LogP contribution >= 0.6 is 8.60 Å². The fourth-order valence-electron chi connectivity index (χ4n) is 5.10. The van der Waals surface area contributed by atoms with Gasteiger partial charge in [0.15, 0.2) is 5.82 Å². The van der Waals surface area contributed by atoms with E-state index in [4.69, 9.17) is 19.5 Å². The molecule has 210 valence electrons. The molecule has 1 saturated heterocycles. The van der Waals surface area contributed by atoms with E-state index in [1.54, 1.807) is 4.52 Å². The first-order chi connectivity index (χ1) is 18.0. The summed E-state index contributed by atoms with van der Waals surface area (Å²) < 4.78 is 19.3. The van der Waals surface area contributed by atoms with Crippen molar-refractivity contribution in [2.75, 3.05) is 18.9 Å². The summed E-state index contributed by atoms with van der Waals surface area (Å²) in [7, 11) is -1.88. The zero-order valence-electron chi connectivity index (χ0n) is 23.1. The van der Waals surface area contributed by atoms with Gasteiger partial charge in [-0.2, -0.15) is 5.10 Å². The van der Waals surface area contributed by atoms with E-state index in [2.05, 4.69) is 17.0 Å². The third kappa shape index (κ3) is 10.4. The van der Waals surface area contributed by atoms with Crippen molar-refractivity contribution < 1.29 is 18.7 Å². The van der Waals surface area contributed by atoms with E-state index >= 15 is 0 Å². The average Bonchev–Trinajstić information content (AvgIpc) is 3.50. The van der Waals surface area contributed by atoms with Gasteiger partial charge >= 0.3 is 8.60 Å². The number of aromatic nitrogens is 3. The number of rotatable bonds is 20. The maximum atomic E-state index is 10.2. The molecule has 3 atom stereocenters. The highest BCUT2D eigenvalue weighted by Gasteiger charge is 2.39. The van der Waals surface area contributed by atoms with Gasteiger partial charge in [-0.1, -0.05) is 90.4 Å². The van der Waals surface area contributed by atoms with Crippen molar-refractivity contribution in [3.63, 3.8) is 0 Å². The number of fused-ring (bicyclic) bond motifs is 1. The zero-order valence-corrected chi connectivity index (χ0v) is 24.0. The van der Waals surface area contributed by atoms with Gasteiger partial charge in [-0.15, -0.1) is 0 Å². The first-order valence-corrected chi connectivity index (χ1v) is 15.7. The Hall–Kier alpha value is -1.31. The van der Waals surface area contributed by atoms with E-state index in [1.165, 1.54) is 83.4 Å². The highest BCUT2D eigenvalue weighted by Crippen LogP contribution is 2.43. The third-order valence-corrected chi connectivity index (χ3v) is 8.14. The van der Waals surface area contributed by atoms with Crippen LogP contribution in [-0.4, -0.2) is 38.3 Å². The van der Waals surface area contributed by atoms with Gasteiger partial charge in [0.25, 0.3) is 0 Å². The van der Waals surface area contributed by atoms with Gasteiger partial charge in [-0.25, -0.2) is 9.50 Å². The molecule has 1 fully saturated rings. The van der Waals surface area contributed by atoms with Gasteiger partial charge in [0.05, 0.1) is 24.5 Å². The van der Waals surface area contributed by atoms with Gasteiger partial charge in [0.1, 0.15) is 17.9 Å². The number of nitrogens with zero attached hydrogens (tertiary/aromatic N) is 3. The summed E-state index contributed by atoms with van der Waals surface area (Å²) in [5.74, 6) is 0.451. The number of nitrogens with two attached hydrogens (primary N) is 1. The maximum absolute atomic E-state index is 10.2. The van der Waals surface area contributed by atoms with E-state index < -0.39 is 14.2 Å².